The fourth-order valence-electron chi connectivity index (χ4n) is 3.00. The zero-order valence-corrected chi connectivity index (χ0v) is 15.9. The van der Waals surface area contributed by atoms with E-state index in [9.17, 15) is 5.11 Å². The lowest BCUT2D eigenvalue weighted by Gasteiger charge is -2.08. The summed E-state index contributed by atoms with van der Waals surface area (Å²) in [5.74, 6) is 0.278. The molecule has 2 N–H and O–H groups in total. The van der Waals surface area contributed by atoms with Gasteiger partial charge in [0.25, 0.3) is 0 Å². The van der Waals surface area contributed by atoms with Crippen LogP contribution in [0.3, 0.4) is 0 Å². The van der Waals surface area contributed by atoms with Crippen molar-refractivity contribution >= 4 is 40.3 Å². The van der Waals surface area contributed by atoms with E-state index in [1.807, 2.05) is 72.8 Å². The van der Waals surface area contributed by atoms with E-state index in [0.29, 0.717) is 11.6 Å². The molecule has 0 aliphatic carbocycles. The Morgan fingerprint density at radius 1 is 0.893 bits per heavy atom. The molecule has 138 valence electrons. The SMILES string of the molecule is Oc1cccc(CNc2cccc(C=Cc3ccc4ccc(Cl)cc4n3)c2)c1. The molecule has 0 spiro atoms. The van der Waals surface area contributed by atoms with Gasteiger partial charge in [-0.05, 0) is 59.7 Å². The van der Waals surface area contributed by atoms with E-state index >= 15 is 0 Å². The van der Waals surface area contributed by atoms with Gasteiger partial charge >= 0.3 is 0 Å². The summed E-state index contributed by atoms with van der Waals surface area (Å²) in [5, 5.41) is 14.7. The standard InChI is InChI=1S/C24H19ClN2O/c25-20-10-8-19-9-12-21(27-24(19)15-20)11-7-17-3-1-5-22(13-17)26-16-18-4-2-6-23(28)14-18/h1-15,26,28H,16H2. The molecule has 1 aromatic heterocycles. The third-order valence-corrected chi connectivity index (χ3v) is 4.65. The molecule has 4 aromatic rings. The number of anilines is 1. The molecular weight excluding hydrogens is 368 g/mol. The van der Waals surface area contributed by atoms with Gasteiger partial charge < -0.3 is 10.4 Å². The van der Waals surface area contributed by atoms with Crippen molar-refractivity contribution in [2.45, 2.75) is 6.54 Å². The maximum absolute atomic E-state index is 9.56. The van der Waals surface area contributed by atoms with Crippen LogP contribution in [-0.2, 0) is 6.54 Å². The van der Waals surface area contributed by atoms with Crippen molar-refractivity contribution in [2.75, 3.05) is 5.32 Å². The largest absolute Gasteiger partial charge is 0.508 e. The van der Waals surface area contributed by atoms with E-state index in [-0.39, 0.29) is 5.75 Å². The maximum Gasteiger partial charge on any atom is 0.115 e. The number of aromatic hydroxyl groups is 1. The molecule has 0 unspecified atom stereocenters. The summed E-state index contributed by atoms with van der Waals surface area (Å²) in [5.41, 5.74) is 4.89. The lowest BCUT2D eigenvalue weighted by Crippen LogP contribution is -1.99. The minimum Gasteiger partial charge on any atom is -0.508 e. The topological polar surface area (TPSA) is 45.1 Å². The van der Waals surface area contributed by atoms with Crippen LogP contribution in [0.25, 0.3) is 23.1 Å². The van der Waals surface area contributed by atoms with Crippen molar-refractivity contribution in [3.8, 4) is 5.75 Å². The van der Waals surface area contributed by atoms with Crippen molar-refractivity contribution in [3.05, 3.63) is 101 Å². The smallest absolute Gasteiger partial charge is 0.115 e. The molecule has 1 heterocycles. The Bertz CT molecular complexity index is 1150. The van der Waals surface area contributed by atoms with E-state index in [1.165, 1.54) is 0 Å². The number of nitrogens with one attached hydrogen (secondary N) is 1. The van der Waals surface area contributed by atoms with Gasteiger partial charge in [0, 0.05) is 22.6 Å². The number of nitrogens with zero attached hydrogens (tertiary/aromatic N) is 1. The first-order valence-corrected chi connectivity index (χ1v) is 9.40. The van der Waals surface area contributed by atoms with Crippen molar-refractivity contribution < 1.29 is 5.11 Å². The van der Waals surface area contributed by atoms with Gasteiger partial charge in [0.2, 0.25) is 0 Å². The quantitative estimate of drug-likeness (QED) is 0.418. The average Bonchev–Trinajstić information content (AvgIpc) is 2.71. The fourth-order valence-corrected chi connectivity index (χ4v) is 3.17. The van der Waals surface area contributed by atoms with Gasteiger partial charge in [-0.3, -0.25) is 0 Å². The molecule has 0 radical (unpaired) electrons. The molecule has 4 rings (SSSR count). The summed E-state index contributed by atoms with van der Waals surface area (Å²) in [6.07, 6.45) is 4.03. The first kappa shape index (κ1) is 18.1. The predicted molar refractivity (Wildman–Crippen MR) is 118 cm³/mol. The zero-order chi connectivity index (χ0) is 19.3. The van der Waals surface area contributed by atoms with Crippen LogP contribution in [0.1, 0.15) is 16.8 Å². The second-order valence-corrected chi connectivity index (χ2v) is 6.99. The molecule has 0 saturated heterocycles. The summed E-state index contributed by atoms with van der Waals surface area (Å²) < 4.78 is 0. The number of halogens is 1. The van der Waals surface area contributed by atoms with Crippen molar-refractivity contribution in [1.29, 1.82) is 0 Å². The van der Waals surface area contributed by atoms with Crippen LogP contribution in [0, 0.1) is 0 Å². The highest BCUT2D eigenvalue weighted by atomic mass is 35.5. The normalized spacial score (nSPS) is 11.2. The van der Waals surface area contributed by atoms with E-state index in [4.69, 9.17) is 11.6 Å². The summed E-state index contributed by atoms with van der Waals surface area (Å²) in [7, 11) is 0. The Labute approximate surface area is 168 Å². The van der Waals surface area contributed by atoms with Crippen LogP contribution in [0.4, 0.5) is 5.69 Å². The van der Waals surface area contributed by atoms with Gasteiger partial charge in [0.05, 0.1) is 11.2 Å². The van der Waals surface area contributed by atoms with Crippen molar-refractivity contribution in [1.82, 2.24) is 4.98 Å². The van der Waals surface area contributed by atoms with Crippen LogP contribution < -0.4 is 5.32 Å². The lowest BCUT2D eigenvalue weighted by atomic mass is 10.1. The fraction of sp³-hybridized carbons (Fsp3) is 0.0417. The summed E-state index contributed by atoms with van der Waals surface area (Å²) in [6.45, 7) is 0.647. The molecule has 0 saturated carbocycles. The van der Waals surface area contributed by atoms with E-state index in [2.05, 4.69) is 16.4 Å². The van der Waals surface area contributed by atoms with Crippen LogP contribution in [0.5, 0.6) is 5.75 Å². The Kier molecular flexibility index (Phi) is 5.27. The summed E-state index contributed by atoms with van der Waals surface area (Å²) in [6, 6.07) is 25.2. The van der Waals surface area contributed by atoms with E-state index < -0.39 is 0 Å². The second-order valence-electron chi connectivity index (χ2n) is 6.56. The third kappa shape index (κ3) is 4.51. The van der Waals surface area contributed by atoms with Crippen LogP contribution in [-0.4, -0.2) is 10.1 Å². The first-order valence-electron chi connectivity index (χ1n) is 9.02. The number of rotatable bonds is 5. The van der Waals surface area contributed by atoms with Gasteiger partial charge in [-0.15, -0.1) is 0 Å². The van der Waals surface area contributed by atoms with Crippen LogP contribution in [0.2, 0.25) is 5.02 Å². The van der Waals surface area contributed by atoms with Gasteiger partial charge in [-0.25, -0.2) is 4.98 Å². The number of fused-ring (bicyclic) bond motifs is 1. The van der Waals surface area contributed by atoms with E-state index in [0.717, 1.165) is 33.4 Å². The van der Waals surface area contributed by atoms with E-state index in [1.54, 1.807) is 12.1 Å². The van der Waals surface area contributed by atoms with Crippen molar-refractivity contribution in [2.24, 2.45) is 0 Å². The highest BCUT2D eigenvalue weighted by Gasteiger charge is 1.99. The number of pyridine rings is 1. The second kappa shape index (κ2) is 8.15. The lowest BCUT2D eigenvalue weighted by molar-refractivity contribution is 0.474. The van der Waals surface area contributed by atoms with Gasteiger partial charge in [-0.1, -0.05) is 54.1 Å². The minimum absolute atomic E-state index is 0.278. The Morgan fingerprint density at radius 3 is 2.64 bits per heavy atom. The minimum atomic E-state index is 0.278. The van der Waals surface area contributed by atoms with Crippen molar-refractivity contribution in [3.63, 3.8) is 0 Å². The average molecular weight is 387 g/mol. The first-order chi connectivity index (χ1) is 13.7. The number of hydrogen-bond acceptors (Lipinski definition) is 3. The molecule has 3 nitrogen and oxygen atoms in total. The number of hydrogen-bond donors (Lipinski definition) is 2. The van der Waals surface area contributed by atoms with Crippen LogP contribution >= 0.6 is 11.6 Å². The monoisotopic (exact) mass is 386 g/mol. The Balaban J connectivity index is 1.48. The van der Waals surface area contributed by atoms with Gasteiger partial charge in [-0.2, -0.15) is 0 Å². The van der Waals surface area contributed by atoms with Gasteiger partial charge in [0.15, 0.2) is 0 Å². The predicted octanol–water partition coefficient (Wildman–Crippen LogP) is 6.38. The maximum atomic E-state index is 9.56. The third-order valence-electron chi connectivity index (χ3n) is 4.42. The Hall–Kier alpha value is -3.30. The highest BCUT2D eigenvalue weighted by Crippen LogP contribution is 2.20. The zero-order valence-electron chi connectivity index (χ0n) is 15.1. The number of phenols is 1. The summed E-state index contributed by atoms with van der Waals surface area (Å²) in [4.78, 5) is 4.65. The highest BCUT2D eigenvalue weighted by molar-refractivity contribution is 6.31. The van der Waals surface area contributed by atoms with Gasteiger partial charge in [0.1, 0.15) is 5.75 Å². The Morgan fingerprint density at radius 2 is 1.75 bits per heavy atom. The molecule has 0 fully saturated rings. The molecule has 0 aliphatic rings. The molecule has 28 heavy (non-hydrogen) atoms. The molecule has 0 atom stereocenters. The number of aromatic nitrogens is 1. The molecule has 4 heteroatoms. The molecule has 0 aliphatic heterocycles. The number of phenolic OH excluding ortho intramolecular Hbond substituents is 1. The number of benzene rings is 3. The molecular formula is C24H19ClN2O. The summed E-state index contributed by atoms with van der Waals surface area (Å²) >= 11 is 6.07. The molecule has 0 amide bonds. The molecule has 0 bridgehead atoms. The molecule has 3 aromatic carbocycles. The van der Waals surface area contributed by atoms with Crippen LogP contribution in [0.15, 0.2) is 78.9 Å².